The molecule has 21 heavy (non-hydrogen) atoms. The van der Waals surface area contributed by atoms with E-state index in [0.717, 1.165) is 5.56 Å². The number of piperidine rings is 1. The van der Waals surface area contributed by atoms with Crippen molar-refractivity contribution in [1.82, 2.24) is 15.6 Å². The van der Waals surface area contributed by atoms with E-state index in [-0.39, 0.29) is 30.7 Å². The first-order chi connectivity index (χ1) is 9.29. The van der Waals surface area contributed by atoms with Crippen molar-refractivity contribution >= 4 is 30.7 Å². The van der Waals surface area contributed by atoms with Crippen molar-refractivity contribution in [3.8, 4) is 0 Å². The molecule has 1 aromatic rings. The zero-order valence-corrected chi connectivity index (χ0v) is 13.6. The van der Waals surface area contributed by atoms with Gasteiger partial charge in [-0.1, -0.05) is 0 Å². The lowest BCUT2D eigenvalue weighted by Gasteiger charge is -2.28. The van der Waals surface area contributed by atoms with Crippen molar-refractivity contribution < 1.29 is 4.79 Å². The van der Waals surface area contributed by atoms with Gasteiger partial charge in [-0.25, -0.2) is 0 Å². The highest BCUT2D eigenvalue weighted by molar-refractivity contribution is 5.85. The number of carbonyl (C=O) groups excluding carboxylic acids is 1. The number of carbonyl (C=O) groups is 1. The van der Waals surface area contributed by atoms with Gasteiger partial charge in [-0.05, 0) is 49.3 Å². The van der Waals surface area contributed by atoms with Crippen molar-refractivity contribution in [2.75, 3.05) is 0 Å². The van der Waals surface area contributed by atoms with E-state index in [2.05, 4.69) is 15.6 Å². The van der Waals surface area contributed by atoms with Crippen LogP contribution in [0.3, 0.4) is 0 Å². The molecule has 1 amide bonds. The summed E-state index contributed by atoms with van der Waals surface area (Å²) in [6, 6.07) is 5.20. The maximum absolute atomic E-state index is 12.0. The first-order valence-electron chi connectivity index (χ1n) is 7.21. The van der Waals surface area contributed by atoms with Crippen LogP contribution in [-0.2, 0) is 11.3 Å². The molecule has 118 valence electrons. The minimum atomic E-state index is 0. The number of nitrogens with one attached hydrogen (secondary N) is 2. The Labute approximate surface area is 138 Å². The van der Waals surface area contributed by atoms with Gasteiger partial charge in [0.15, 0.2) is 0 Å². The fourth-order valence-electron chi connectivity index (χ4n) is 3.38. The summed E-state index contributed by atoms with van der Waals surface area (Å²) < 4.78 is 0. The largest absolute Gasteiger partial charge is 0.352 e. The summed E-state index contributed by atoms with van der Waals surface area (Å²) in [6.07, 6.45) is 9.11. The van der Waals surface area contributed by atoms with Crippen molar-refractivity contribution in [3.05, 3.63) is 30.1 Å². The number of nitrogens with zero attached hydrogens (tertiary/aromatic N) is 1. The van der Waals surface area contributed by atoms with Gasteiger partial charge in [0.2, 0.25) is 5.91 Å². The summed E-state index contributed by atoms with van der Waals surface area (Å²) in [4.78, 5) is 15.9. The van der Waals surface area contributed by atoms with E-state index in [1.165, 1.54) is 25.7 Å². The van der Waals surface area contributed by atoms with Gasteiger partial charge >= 0.3 is 0 Å². The highest BCUT2D eigenvalue weighted by atomic mass is 35.5. The smallest absolute Gasteiger partial charge is 0.220 e. The van der Waals surface area contributed by atoms with Crippen LogP contribution in [-0.4, -0.2) is 23.0 Å². The van der Waals surface area contributed by atoms with Crippen molar-refractivity contribution in [1.29, 1.82) is 0 Å². The highest BCUT2D eigenvalue weighted by Crippen LogP contribution is 2.32. The molecule has 3 rings (SSSR count). The van der Waals surface area contributed by atoms with Gasteiger partial charge in [0.05, 0.1) is 0 Å². The summed E-state index contributed by atoms with van der Waals surface area (Å²) in [5.41, 5.74) is 1.11. The zero-order chi connectivity index (χ0) is 13.1. The Morgan fingerprint density at radius 2 is 1.81 bits per heavy atom. The second-order valence-electron chi connectivity index (χ2n) is 5.81. The molecular weight excluding hydrogens is 309 g/mol. The van der Waals surface area contributed by atoms with E-state index in [1.54, 1.807) is 12.4 Å². The molecule has 0 radical (unpaired) electrons. The molecular formula is C15H23Cl2N3O. The van der Waals surface area contributed by atoms with Gasteiger partial charge in [0.1, 0.15) is 0 Å². The Morgan fingerprint density at radius 3 is 2.43 bits per heavy atom. The normalized spacial score (nSPS) is 26.4. The highest BCUT2D eigenvalue weighted by Gasteiger charge is 2.33. The maximum Gasteiger partial charge on any atom is 0.220 e. The number of hydrogen-bond donors (Lipinski definition) is 2. The van der Waals surface area contributed by atoms with Gasteiger partial charge in [0.25, 0.3) is 0 Å². The van der Waals surface area contributed by atoms with E-state index < -0.39 is 0 Å². The number of halogens is 2. The van der Waals surface area contributed by atoms with E-state index in [1.807, 2.05) is 12.1 Å². The van der Waals surface area contributed by atoms with E-state index in [4.69, 9.17) is 0 Å². The maximum atomic E-state index is 12.0. The summed E-state index contributed by atoms with van der Waals surface area (Å²) >= 11 is 0. The second kappa shape index (κ2) is 8.57. The van der Waals surface area contributed by atoms with Gasteiger partial charge in [-0.2, -0.15) is 0 Å². The minimum absolute atomic E-state index is 0. The Bertz CT molecular complexity index is 432. The lowest BCUT2D eigenvalue weighted by molar-refractivity contribution is -0.122. The number of fused-ring (bicyclic) bond motifs is 2. The topological polar surface area (TPSA) is 54.0 Å². The summed E-state index contributed by atoms with van der Waals surface area (Å²) in [5, 5.41) is 6.62. The second-order valence-corrected chi connectivity index (χ2v) is 5.81. The molecule has 4 nitrogen and oxygen atoms in total. The molecule has 2 N–H and O–H groups in total. The SMILES string of the molecule is Cl.Cl.O=C(CC1CC2CCC(C1)N2)NCc1ccncc1. The summed E-state index contributed by atoms with van der Waals surface area (Å²) in [5.74, 6) is 0.749. The monoisotopic (exact) mass is 331 g/mol. The number of aromatic nitrogens is 1. The van der Waals surface area contributed by atoms with Crippen LogP contribution in [0.5, 0.6) is 0 Å². The Balaban J connectivity index is 0.00000110. The van der Waals surface area contributed by atoms with Gasteiger partial charge in [-0.3, -0.25) is 9.78 Å². The fraction of sp³-hybridized carbons (Fsp3) is 0.600. The molecule has 2 unspecified atom stereocenters. The molecule has 2 saturated heterocycles. The molecule has 0 aromatic carbocycles. The molecule has 2 aliphatic rings. The average Bonchev–Trinajstić information content (AvgIpc) is 2.77. The van der Waals surface area contributed by atoms with Crippen LogP contribution >= 0.6 is 24.8 Å². The first kappa shape index (κ1) is 18.2. The third-order valence-electron chi connectivity index (χ3n) is 4.28. The third kappa shape index (κ3) is 5.13. The van der Waals surface area contributed by atoms with Crippen LogP contribution < -0.4 is 10.6 Å². The van der Waals surface area contributed by atoms with Crippen molar-refractivity contribution in [3.63, 3.8) is 0 Å². The molecule has 3 heterocycles. The molecule has 0 saturated carbocycles. The predicted octanol–water partition coefficient (Wildman–Crippen LogP) is 2.46. The third-order valence-corrected chi connectivity index (χ3v) is 4.28. The lowest BCUT2D eigenvalue weighted by atomic mass is 9.89. The molecule has 0 aliphatic carbocycles. The predicted molar refractivity (Wildman–Crippen MR) is 87.9 cm³/mol. The van der Waals surface area contributed by atoms with E-state index in [0.29, 0.717) is 31.0 Å². The summed E-state index contributed by atoms with van der Waals surface area (Å²) in [6.45, 7) is 0.610. The van der Waals surface area contributed by atoms with E-state index in [9.17, 15) is 4.79 Å². The molecule has 2 fully saturated rings. The van der Waals surface area contributed by atoms with Crippen LogP contribution in [0.25, 0.3) is 0 Å². The van der Waals surface area contributed by atoms with Crippen molar-refractivity contribution in [2.45, 2.75) is 50.7 Å². The quantitative estimate of drug-likeness (QED) is 0.891. The number of amides is 1. The molecule has 2 bridgehead atoms. The van der Waals surface area contributed by atoms with Crippen LogP contribution in [0.1, 0.15) is 37.7 Å². The van der Waals surface area contributed by atoms with Gasteiger partial charge < -0.3 is 10.6 Å². The average molecular weight is 332 g/mol. The molecule has 6 heteroatoms. The minimum Gasteiger partial charge on any atom is -0.352 e. The van der Waals surface area contributed by atoms with Crippen LogP contribution in [0.15, 0.2) is 24.5 Å². The van der Waals surface area contributed by atoms with Crippen molar-refractivity contribution in [2.24, 2.45) is 5.92 Å². The van der Waals surface area contributed by atoms with Crippen LogP contribution in [0.2, 0.25) is 0 Å². The molecule has 2 aliphatic heterocycles. The molecule has 1 aromatic heterocycles. The summed E-state index contributed by atoms with van der Waals surface area (Å²) in [7, 11) is 0. The Hall–Kier alpha value is -0.840. The van der Waals surface area contributed by atoms with Gasteiger partial charge in [-0.15, -0.1) is 24.8 Å². The Morgan fingerprint density at radius 1 is 1.19 bits per heavy atom. The lowest BCUT2D eigenvalue weighted by Crippen LogP contribution is -2.39. The number of pyridine rings is 1. The molecule has 2 atom stereocenters. The fourth-order valence-corrected chi connectivity index (χ4v) is 3.38. The standard InChI is InChI=1S/C15H21N3O.2ClH/c19-15(17-10-11-3-5-16-6-4-11)9-12-7-13-1-2-14(8-12)18-13;;/h3-6,12-14,18H,1-2,7-10H2,(H,17,19);2*1H. The first-order valence-corrected chi connectivity index (χ1v) is 7.21. The number of hydrogen-bond acceptors (Lipinski definition) is 3. The van der Waals surface area contributed by atoms with Gasteiger partial charge in [0, 0.05) is 37.4 Å². The van der Waals surface area contributed by atoms with Crippen LogP contribution in [0.4, 0.5) is 0 Å². The zero-order valence-electron chi connectivity index (χ0n) is 12.0. The van der Waals surface area contributed by atoms with Crippen LogP contribution in [0, 0.1) is 5.92 Å². The number of rotatable bonds is 4. The molecule has 0 spiro atoms. The Kier molecular flexibility index (Phi) is 7.43. The van der Waals surface area contributed by atoms with E-state index >= 15 is 0 Å².